The Labute approximate surface area is 161 Å². The van der Waals surface area contributed by atoms with E-state index in [4.69, 9.17) is 0 Å². The molecule has 3 aromatic carbocycles. The molecule has 4 N–H and O–H groups in total. The summed E-state index contributed by atoms with van der Waals surface area (Å²) in [6, 6.07) is 24.9. The molecule has 4 nitrogen and oxygen atoms in total. The topological polar surface area (TPSA) is 89.4 Å². The van der Waals surface area contributed by atoms with Gasteiger partial charge in [0.25, 0.3) is 10.1 Å². The molecule has 5 heteroatoms. The second-order valence-electron chi connectivity index (χ2n) is 6.95. The number of hydrogen-bond acceptors (Lipinski definition) is 3. The minimum absolute atomic E-state index is 0. The van der Waals surface area contributed by atoms with Crippen LogP contribution in [0.1, 0.15) is 36.1 Å². The maximum absolute atomic E-state index is 11.6. The molecule has 0 bridgehead atoms. The van der Waals surface area contributed by atoms with Gasteiger partial charge in [-0.3, -0.25) is 4.55 Å². The Kier molecular flexibility index (Phi) is 6.21. The van der Waals surface area contributed by atoms with Crippen molar-refractivity contribution >= 4 is 10.1 Å². The van der Waals surface area contributed by atoms with Crippen LogP contribution >= 0.6 is 0 Å². The van der Waals surface area contributed by atoms with E-state index in [-0.39, 0.29) is 16.5 Å². The van der Waals surface area contributed by atoms with Crippen molar-refractivity contribution in [1.29, 1.82) is 0 Å². The van der Waals surface area contributed by atoms with Crippen LogP contribution in [0.5, 0.6) is 0 Å². The molecule has 0 fully saturated rings. The van der Waals surface area contributed by atoms with Crippen LogP contribution < -0.4 is 6.15 Å². The molecule has 0 heterocycles. The van der Waals surface area contributed by atoms with Crippen LogP contribution in [0, 0.1) is 0 Å². The Morgan fingerprint density at radius 1 is 0.852 bits per heavy atom. The summed E-state index contributed by atoms with van der Waals surface area (Å²) in [4.78, 5) is -0.0731. The van der Waals surface area contributed by atoms with E-state index in [2.05, 4.69) is 26.0 Å². The van der Waals surface area contributed by atoms with Gasteiger partial charge in [0.1, 0.15) is 0 Å². The van der Waals surface area contributed by atoms with E-state index in [0.717, 1.165) is 22.3 Å². The molecule has 0 aliphatic heterocycles. The van der Waals surface area contributed by atoms with Crippen molar-refractivity contribution in [1.82, 2.24) is 6.15 Å². The second kappa shape index (κ2) is 8.05. The highest BCUT2D eigenvalue weighted by atomic mass is 32.2. The van der Waals surface area contributed by atoms with E-state index in [1.165, 1.54) is 6.07 Å². The fourth-order valence-electron chi connectivity index (χ4n) is 3.31. The minimum atomic E-state index is -4.24. The van der Waals surface area contributed by atoms with Gasteiger partial charge < -0.3 is 6.15 Å². The first-order chi connectivity index (χ1) is 12.3. The molecular formula is C22H25NO3S. The Morgan fingerprint density at radius 3 is 1.96 bits per heavy atom. The van der Waals surface area contributed by atoms with Crippen molar-refractivity contribution in [2.24, 2.45) is 0 Å². The first-order valence-corrected chi connectivity index (χ1v) is 9.93. The molecule has 0 aliphatic carbocycles. The molecule has 3 aromatic rings. The molecule has 27 heavy (non-hydrogen) atoms. The van der Waals surface area contributed by atoms with Gasteiger partial charge in [-0.25, -0.2) is 0 Å². The Hall–Kier alpha value is -2.47. The molecule has 3 rings (SSSR count). The summed E-state index contributed by atoms with van der Waals surface area (Å²) in [5.41, 5.74) is 3.86. The van der Waals surface area contributed by atoms with Gasteiger partial charge in [0.2, 0.25) is 0 Å². The Balaban J connectivity index is 0.00000261. The standard InChI is InChI=1S/C22H22O3S.H3N/c1-22(2,19-11-7-4-8-12-19)21-14-13-20(26(23,24)25)16-18(21)15-17-9-5-3-6-10-17;/h3-14,16H,15H2,1-2H3,(H,23,24,25);1H3. The minimum Gasteiger partial charge on any atom is -0.344 e. The summed E-state index contributed by atoms with van der Waals surface area (Å²) in [5.74, 6) is 0. The lowest BCUT2D eigenvalue weighted by atomic mass is 9.75. The maximum atomic E-state index is 11.6. The van der Waals surface area contributed by atoms with Crippen molar-refractivity contribution in [3.8, 4) is 0 Å². The predicted octanol–water partition coefficient (Wildman–Crippen LogP) is 5.01. The molecule has 0 spiro atoms. The third-order valence-electron chi connectivity index (χ3n) is 4.78. The third-order valence-corrected chi connectivity index (χ3v) is 5.63. The molecule has 0 unspecified atom stereocenters. The molecule has 0 aliphatic rings. The summed E-state index contributed by atoms with van der Waals surface area (Å²) in [5, 5.41) is 0. The highest BCUT2D eigenvalue weighted by Gasteiger charge is 2.27. The fourth-order valence-corrected chi connectivity index (χ4v) is 3.84. The van der Waals surface area contributed by atoms with Crippen molar-refractivity contribution in [3.05, 3.63) is 101 Å². The van der Waals surface area contributed by atoms with Gasteiger partial charge in [-0.05, 0) is 40.8 Å². The van der Waals surface area contributed by atoms with E-state index < -0.39 is 10.1 Å². The van der Waals surface area contributed by atoms with E-state index in [9.17, 15) is 13.0 Å². The summed E-state index contributed by atoms with van der Waals surface area (Å²) in [6.45, 7) is 4.25. The van der Waals surface area contributed by atoms with Crippen molar-refractivity contribution in [2.75, 3.05) is 0 Å². The van der Waals surface area contributed by atoms with Gasteiger partial charge in [0.15, 0.2) is 0 Å². The predicted molar refractivity (Wildman–Crippen MR) is 109 cm³/mol. The van der Waals surface area contributed by atoms with E-state index in [1.807, 2.05) is 54.6 Å². The first kappa shape index (κ1) is 20.8. The maximum Gasteiger partial charge on any atom is 0.294 e. The van der Waals surface area contributed by atoms with Gasteiger partial charge in [0.05, 0.1) is 4.90 Å². The molecule has 0 radical (unpaired) electrons. The van der Waals surface area contributed by atoms with Crippen LogP contribution in [-0.4, -0.2) is 13.0 Å². The molecule has 0 atom stereocenters. The van der Waals surface area contributed by atoms with E-state index >= 15 is 0 Å². The zero-order valence-electron chi connectivity index (χ0n) is 15.6. The summed E-state index contributed by atoms with van der Waals surface area (Å²) in [7, 11) is -4.24. The summed E-state index contributed by atoms with van der Waals surface area (Å²) in [6.07, 6.45) is 0.593. The van der Waals surface area contributed by atoms with Gasteiger partial charge in [-0.2, -0.15) is 8.42 Å². The second-order valence-corrected chi connectivity index (χ2v) is 8.37. The molecule has 0 amide bonds. The Bertz CT molecular complexity index is 998. The Morgan fingerprint density at radius 2 is 1.41 bits per heavy atom. The van der Waals surface area contributed by atoms with Crippen molar-refractivity contribution in [3.63, 3.8) is 0 Å². The molecule has 0 saturated heterocycles. The zero-order chi connectivity index (χ0) is 18.8. The van der Waals surface area contributed by atoms with E-state index in [1.54, 1.807) is 6.07 Å². The van der Waals surface area contributed by atoms with Crippen molar-refractivity contribution in [2.45, 2.75) is 30.6 Å². The highest BCUT2D eigenvalue weighted by molar-refractivity contribution is 7.85. The average Bonchev–Trinajstić information content (AvgIpc) is 2.62. The van der Waals surface area contributed by atoms with Gasteiger partial charge in [-0.1, -0.05) is 80.6 Å². The fraction of sp³-hybridized carbons (Fsp3) is 0.182. The smallest absolute Gasteiger partial charge is 0.294 e. The average molecular weight is 384 g/mol. The number of rotatable bonds is 5. The molecular weight excluding hydrogens is 358 g/mol. The number of benzene rings is 3. The zero-order valence-corrected chi connectivity index (χ0v) is 16.4. The van der Waals surface area contributed by atoms with Crippen LogP contribution in [0.15, 0.2) is 83.8 Å². The lowest BCUT2D eigenvalue weighted by Crippen LogP contribution is -2.21. The SMILES string of the molecule is CC(C)(c1ccccc1)c1ccc(S(=O)(=O)O)cc1Cc1ccccc1.N. The molecule has 0 aromatic heterocycles. The third kappa shape index (κ3) is 4.63. The van der Waals surface area contributed by atoms with Gasteiger partial charge >= 0.3 is 0 Å². The van der Waals surface area contributed by atoms with Crippen LogP contribution in [-0.2, 0) is 22.0 Å². The van der Waals surface area contributed by atoms with Crippen LogP contribution in [0.3, 0.4) is 0 Å². The number of hydrogen-bond donors (Lipinski definition) is 2. The lowest BCUT2D eigenvalue weighted by Gasteiger charge is -2.29. The van der Waals surface area contributed by atoms with Crippen molar-refractivity contribution < 1.29 is 13.0 Å². The van der Waals surface area contributed by atoms with Crippen LogP contribution in [0.2, 0.25) is 0 Å². The lowest BCUT2D eigenvalue weighted by molar-refractivity contribution is 0.483. The van der Waals surface area contributed by atoms with Gasteiger partial charge in [0, 0.05) is 5.41 Å². The largest absolute Gasteiger partial charge is 0.344 e. The summed E-state index contributed by atoms with van der Waals surface area (Å²) < 4.78 is 32.7. The summed E-state index contributed by atoms with van der Waals surface area (Å²) >= 11 is 0. The van der Waals surface area contributed by atoms with Gasteiger partial charge in [-0.15, -0.1) is 0 Å². The molecule has 0 saturated carbocycles. The molecule has 142 valence electrons. The van der Waals surface area contributed by atoms with E-state index in [0.29, 0.717) is 6.42 Å². The monoisotopic (exact) mass is 383 g/mol. The highest BCUT2D eigenvalue weighted by Crippen LogP contribution is 2.35. The van der Waals surface area contributed by atoms with Crippen LogP contribution in [0.25, 0.3) is 0 Å². The first-order valence-electron chi connectivity index (χ1n) is 8.49. The van der Waals surface area contributed by atoms with Crippen LogP contribution in [0.4, 0.5) is 0 Å². The normalized spacial score (nSPS) is 11.7. The quantitative estimate of drug-likeness (QED) is 0.606.